The molecule has 3 aromatic rings. The third-order valence-electron chi connectivity index (χ3n) is 4.23. The molecule has 0 aromatic heterocycles. The third-order valence-corrected chi connectivity index (χ3v) is 6.02. The van der Waals surface area contributed by atoms with Crippen molar-refractivity contribution in [3.63, 3.8) is 0 Å². The summed E-state index contributed by atoms with van der Waals surface area (Å²) in [5.74, 6) is -0.0537. The highest BCUT2D eigenvalue weighted by Gasteiger charge is 2.17. The Labute approximate surface area is 159 Å². The molecule has 0 bridgehead atoms. The van der Waals surface area contributed by atoms with Gasteiger partial charge >= 0.3 is 0 Å². The topological polar surface area (TPSA) is 51.2 Å². The van der Waals surface area contributed by atoms with Crippen LogP contribution >= 0.6 is 0 Å². The highest BCUT2D eigenvalue weighted by atomic mass is 32.2. The van der Waals surface area contributed by atoms with Crippen molar-refractivity contribution in [2.45, 2.75) is 23.1 Å². The average molecular weight is 376 g/mol. The Morgan fingerprint density at radius 2 is 1.41 bits per heavy atom. The van der Waals surface area contributed by atoms with Gasteiger partial charge in [-0.3, -0.25) is 4.79 Å². The number of allylic oxidation sites excluding steroid dienone is 1. The zero-order valence-corrected chi connectivity index (χ0v) is 15.8. The molecule has 0 saturated carbocycles. The molecule has 0 N–H and O–H groups in total. The number of rotatable bonds is 6. The van der Waals surface area contributed by atoms with E-state index in [0.29, 0.717) is 5.56 Å². The Kier molecular flexibility index (Phi) is 5.67. The summed E-state index contributed by atoms with van der Waals surface area (Å²) < 4.78 is 25.1. The standard InChI is InChI=1S/C23H20O3S/c1-18-10-12-19(13-11-18)6-5-9-23(24)20-14-16-22(17-15-20)27(25,26)21-7-3-2-4-8-21/h2-8,10-17H,9H2,1H3/b6-5+. The maximum Gasteiger partial charge on any atom is 0.206 e. The smallest absolute Gasteiger partial charge is 0.206 e. The Bertz CT molecular complexity index is 1050. The molecule has 136 valence electrons. The van der Waals surface area contributed by atoms with Gasteiger partial charge < -0.3 is 0 Å². The van der Waals surface area contributed by atoms with Crippen LogP contribution in [0.4, 0.5) is 0 Å². The van der Waals surface area contributed by atoms with E-state index in [4.69, 9.17) is 0 Å². The second kappa shape index (κ2) is 8.14. The van der Waals surface area contributed by atoms with Gasteiger partial charge in [-0.1, -0.05) is 72.3 Å². The molecule has 0 radical (unpaired) electrons. The molecular formula is C23H20O3S. The van der Waals surface area contributed by atoms with Crippen LogP contribution in [0.1, 0.15) is 27.9 Å². The molecule has 0 aliphatic carbocycles. The average Bonchev–Trinajstić information content (AvgIpc) is 2.70. The van der Waals surface area contributed by atoms with E-state index in [-0.39, 0.29) is 22.0 Å². The summed E-state index contributed by atoms with van der Waals surface area (Å²) >= 11 is 0. The molecule has 0 atom stereocenters. The summed E-state index contributed by atoms with van der Waals surface area (Å²) in [6, 6.07) is 22.4. The number of benzene rings is 3. The van der Waals surface area contributed by atoms with Crippen LogP contribution in [0.3, 0.4) is 0 Å². The van der Waals surface area contributed by atoms with Gasteiger partial charge in [0.15, 0.2) is 5.78 Å². The lowest BCUT2D eigenvalue weighted by molar-refractivity contribution is 0.0996. The lowest BCUT2D eigenvalue weighted by atomic mass is 10.1. The summed E-state index contributed by atoms with van der Waals surface area (Å²) in [4.78, 5) is 12.7. The molecule has 0 saturated heterocycles. The summed E-state index contributed by atoms with van der Waals surface area (Å²) in [5.41, 5.74) is 2.72. The normalized spacial score (nSPS) is 11.6. The van der Waals surface area contributed by atoms with Gasteiger partial charge in [0.05, 0.1) is 9.79 Å². The first kappa shape index (κ1) is 18.8. The van der Waals surface area contributed by atoms with Gasteiger partial charge in [-0.25, -0.2) is 8.42 Å². The molecule has 0 spiro atoms. The van der Waals surface area contributed by atoms with Crippen LogP contribution in [0.5, 0.6) is 0 Å². The van der Waals surface area contributed by atoms with Gasteiger partial charge in [0, 0.05) is 12.0 Å². The number of carbonyl (C=O) groups excluding carboxylic acids is 1. The quantitative estimate of drug-likeness (QED) is 0.562. The first-order chi connectivity index (χ1) is 13.0. The van der Waals surface area contributed by atoms with E-state index >= 15 is 0 Å². The van der Waals surface area contributed by atoms with E-state index < -0.39 is 9.84 Å². The summed E-state index contributed by atoms with van der Waals surface area (Å²) in [6.45, 7) is 2.03. The van der Waals surface area contributed by atoms with Crippen LogP contribution in [0, 0.1) is 6.92 Å². The van der Waals surface area contributed by atoms with Gasteiger partial charge in [0.25, 0.3) is 0 Å². The highest BCUT2D eigenvalue weighted by molar-refractivity contribution is 7.91. The van der Waals surface area contributed by atoms with Crippen molar-refractivity contribution in [1.82, 2.24) is 0 Å². The zero-order chi connectivity index (χ0) is 19.3. The molecule has 0 heterocycles. The predicted octanol–water partition coefficient (Wildman–Crippen LogP) is 5.11. The fourth-order valence-electron chi connectivity index (χ4n) is 2.65. The van der Waals surface area contributed by atoms with Crippen molar-refractivity contribution < 1.29 is 13.2 Å². The minimum atomic E-state index is -3.56. The van der Waals surface area contributed by atoms with Crippen molar-refractivity contribution in [2.75, 3.05) is 0 Å². The van der Waals surface area contributed by atoms with Crippen LogP contribution in [0.15, 0.2) is 94.7 Å². The number of sulfone groups is 1. The van der Waals surface area contributed by atoms with E-state index in [1.165, 1.54) is 17.7 Å². The molecule has 3 aromatic carbocycles. The molecule has 0 aliphatic rings. The van der Waals surface area contributed by atoms with E-state index in [0.717, 1.165) is 5.56 Å². The molecule has 27 heavy (non-hydrogen) atoms. The molecule has 0 unspecified atom stereocenters. The lowest BCUT2D eigenvalue weighted by Crippen LogP contribution is -2.03. The molecule has 0 aliphatic heterocycles. The first-order valence-electron chi connectivity index (χ1n) is 8.63. The van der Waals surface area contributed by atoms with Crippen molar-refractivity contribution in [2.24, 2.45) is 0 Å². The van der Waals surface area contributed by atoms with E-state index in [1.807, 2.05) is 43.3 Å². The maximum absolute atomic E-state index is 12.6. The monoisotopic (exact) mass is 376 g/mol. The summed E-state index contributed by atoms with van der Waals surface area (Å²) in [6.07, 6.45) is 3.99. The minimum absolute atomic E-state index is 0.0537. The van der Waals surface area contributed by atoms with E-state index in [1.54, 1.807) is 42.5 Å². The molecule has 3 nitrogen and oxygen atoms in total. The SMILES string of the molecule is Cc1ccc(/C=C/CC(=O)c2ccc(S(=O)(=O)c3ccccc3)cc2)cc1. The van der Waals surface area contributed by atoms with Crippen LogP contribution < -0.4 is 0 Å². The van der Waals surface area contributed by atoms with E-state index in [9.17, 15) is 13.2 Å². The van der Waals surface area contributed by atoms with E-state index in [2.05, 4.69) is 0 Å². The largest absolute Gasteiger partial charge is 0.294 e. The van der Waals surface area contributed by atoms with Crippen molar-refractivity contribution >= 4 is 21.7 Å². The van der Waals surface area contributed by atoms with Crippen molar-refractivity contribution in [3.05, 3.63) is 102 Å². The van der Waals surface area contributed by atoms with Gasteiger partial charge in [-0.05, 0) is 36.8 Å². The fourth-order valence-corrected chi connectivity index (χ4v) is 3.94. The molecule has 4 heteroatoms. The number of aryl methyl sites for hydroxylation is 1. The van der Waals surface area contributed by atoms with Crippen LogP contribution in [0.25, 0.3) is 6.08 Å². The molecule has 0 amide bonds. The molecular weight excluding hydrogens is 356 g/mol. The van der Waals surface area contributed by atoms with Gasteiger partial charge in [0.2, 0.25) is 9.84 Å². The van der Waals surface area contributed by atoms with Crippen LogP contribution in [0.2, 0.25) is 0 Å². The van der Waals surface area contributed by atoms with Gasteiger partial charge in [0.1, 0.15) is 0 Å². The number of Topliss-reactive ketones (excluding diaryl/α,β-unsaturated/α-hetero) is 1. The Balaban J connectivity index is 1.69. The minimum Gasteiger partial charge on any atom is -0.294 e. The van der Waals surface area contributed by atoms with Crippen molar-refractivity contribution in [3.8, 4) is 0 Å². The Morgan fingerprint density at radius 3 is 2.04 bits per heavy atom. The highest BCUT2D eigenvalue weighted by Crippen LogP contribution is 2.21. The number of hydrogen-bond acceptors (Lipinski definition) is 3. The Morgan fingerprint density at radius 1 is 0.815 bits per heavy atom. The van der Waals surface area contributed by atoms with Crippen LogP contribution in [-0.2, 0) is 9.84 Å². The van der Waals surface area contributed by atoms with Gasteiger partial charge in [-0.15, -0.1) is 0 Å². The van der Waals surface area contributed by atoms with Crippen LogP contribution in [-0.4, -0.2) is 14.2 Å². The maximum atomic E-state index is 12.6. The second-order valence-corrected chi connectivity index (χ2v) is 8.23. The molecule has 0 fully saturated rings. The fraction of sp³-hybridized carbons (Fsp3) is 0.0870. The molecule has 3 rings (SSSR count). The number of carbonyl (C=O) groups is 1. The Hall–Kier alpha value is -2.98. The van der Waals surface area contributed by atoms with Crippen molar-refractivity contribution in [1.29, 1.82) is 0 Å². The zero-order valence-electron chi connectivity index (χ0n) is 15.0. The first-order valence-corrected chi connectivity index (χ1v) is 10.1. The second-order valence-electron chi connectivity index (χ2n) is 6.28. The summed E-state index contributed by atoms with van der Waals surface area (Å²) in [7, 11) is -3.56. The number of ketones is 1. The number of hydrogen-bond donors (Lipinski definition) is 0. The van der Waals surface area contributed by atoms with Gasteiger partial charge in [-0.2, -0.15) is 0 Å². The third kappa shape index (κ3) is 4.60. The lowest BCUT2D eigenvalue weighted by Gasteiger charge is -2.05. The summed E-state index contributed by atoms with van der Waals surface area (Å²) in [5, 5.41) is 0. The predicted molar refractivity (Wildman–Crippen MR) is 107 cm³/mol.